The molecule has 26 heavy (non-hydrogen) atoms. The summed E-state index contributed by atoms with van der Waals surface area (Å²) in [5.41, 5.74) is 3.19. The van der Waals surface area contributed by atoms with E-state index >= 15 is 0 Å². The number of nitrogens with one attached hydrogen (secondary N) is 2. The number of carbonyl (C=O) groups is 1. The Hall–Kier alpha value is -3.28. The van der Waals surface area contributed by atoms with Crippen molar-refractivity contribution in [3.05, 3.63) is 83.2 Å². The molecule has 2 N–H and O–H groups in total. The van der Waals surface area contributed by atoms with Crippen molar-refractivity contribution in [3.8, 4) is 0 Å². The molecule has 6 heteroatoms. The number of aryl methyl sites for hydroxylation is 2. The summed E-state index contributed by atoms with van der Waals surface area (Å²) in [6.45, 7) is 3.96. The van der Waals surface area contributed by atoms with Crippen LogP contribution in [0.3, 0.4) is 0 Å². The number of hydrogen-bond acceptors (Lipinski definition) is 3. The average molecular weight is 353 g/mol. The second kappa shape index (κ2) is 7.31. The van der Waals surface area contributed by atoms with Crippen LogP contribution in [-0.2, 0) is 0 Å². The molecule has 3 rings (SSSR count). The maximum atomic E-state index is 13.7. The minimum Gasteiger partial charge on any atom is -0.349 e. The lowest BCUT2D eigenvalue weighted by Gasteiger charge is -2.10. The third kappa shape index (κ3) is 3.85. The van der Waals surface area contributed by atoms with Crippen LogP contribution in [-0.4, -0.2) is 10.9 Å². The largest absolute Gasteiger partial charge is 0.349 e. The number of pyridine rings is 1. The smallest absolute Gasteiger partial charge is 0.274 e. The van der Waals surface area contributed by atoms with E-state index in [9.17, 15) is 13.6 Å². The number of benzene rings is 2. The molecule has 0 saturated heterocycles. The Labute approximate surface area is 149 Å². The van der Waals surface area contributed by atoms with E-state index in [2.05, 4.69) is 15.6 Å². The van der Waals surface area contributed by atoms with E-state index in [0.29, 0.717) is 11.4 Å². The predicted octanol–water partition coefficient (Wildman–Crippen LogP) is 4.97. The number of rotatable bonds is 4. The van der Waals surface area contributed by atoms with Crippen LogP contribution in [0.5, 0.6) is 0 Å². The molecule has 1 amide bonds. The molecular weight excluding hydrogens is 336 g/mol. The first-order valence-electron chi connectivity index (χ1n) is 8.00. The first-order chi connectivity index (χ1) is 12.4. The summed E-state index contributed by atoms with van der Waals surface area (Å²) in [4.78, 5) is 16.3. The van der Waals surface area contributed by atoms with Gasteiger partial charge >= 0.3 is 0 Å². The zero-order valence-electron chi connectivity index (χ0n) is 14.3. The standard InChI is InChI=1S/C20H17F2N3O/c1-12-6-7-14(10-13(12)2)25-20(26)18-9-8-15(11-23-18)24-19-16(21)4-3-5-17(19)22/h3-11,24H,1-2H3,(H,25,26). The highest BCUT2D eigenvalue weighted by atomic mass is 19.1. The van der Waals surface area contributed by atoms with Crippen molar-refractivity contribution in [1.29, 1.82) is 0 Å². The maximum Gasteiger partial charge on any atom is 0.274 e. The highest BCUT2D eigenvalue weighted by Gasteiger charge is 2.11. The van der Waals surface area contributed by atoms with E-state index in [1.165, 1.54) is 24.4 Å². The fraction of sp³-hybridized carbons (Fsp3) is 0.100. The molecule has 0 unspecified atom stereocenters. The number of carbonyl (C=O) groups excluding carboxylic acids is 1. The van der Waals surface area contributed by atoms with Gasteiger partial charge in [-0.25, -0.2) is 13.8 Å². The predicted molar refractivity (Wildman–Crippen MR) is 97.7 cm³/mol. The average Bonchev–Trinajstić information content (AvgIpc) is 2.62. The minimum absolute atomic E-state index is 0.197. The van der Waals surface area contributed by atoms with E-state index in [0.717, 1.165) is 23.3 Å². The summed E-state index contributed by atoms with van der Waals surface area (Å²) >= 11 is 0. The Balaban J connectivity index is 1.72. The van der Waals surface area contributed by atoms with Crippen molar-refractivity contribution in [1.82, 2.24) is 4.98 Å². The monoisotopic (exact) mass is 353 g/mol. The van der Waals surface area contributed by atoms with E-state index in [4.69, 9.17) is 0 Å². The molecule has 0 spiro atoms. The molecule has 1 aromatic heterocycles. The highest BCUT2D eigenvalue weighted by molar-refractivity contribution is 6.03. The molecule has 0 aliphatic heterocycles. The molecule has 0 atom stereocenters. The third-order valence-corrected chi connectivity index (χ3v) is 3.99. The van der Waals surface area contributed by atoms with Gasteiger partial charge in [0.25, 0.3) is 5.91 Å². The van der Waals surface area contributed by atoms with Gasteiger partial charge in [-0.05, 0) is 61.4 Å². The van der Waals surface area contributed by atoms with Crippen LogP contribution in [0.25, 0.3) is 0 Å². The van der Waals surface area contributed by atoms with Crippen molar-refractivity contribution in [2.75, 3.05) is 10.6 Å². The fourth-order valence-electron chi connectivity index (χ4n) is 2.38. The Morgan fingerprint density at radius 3 is 2.23 bits per heavy atom. The Kier molecular flexibility index (Phi) is 4.93. The van der Waals surface area contributed by atoms with Gasteiger partial charge in [0.1, 0.15) is 23.0 Å². The molecule has 0 saturated carbocycles. The van der Waals surface area contributed by atoms with Crippen LogP contribution >= 0.6 is 0 Å². The molecule has 1 heterocycles. The SMILES string of the molecule is Cc1ccc(NC(=O)c2ccc(Nc3c(F)cccc3F)cn2)cc1C. The molecular formula is C20H17F2N3O. The number of hydrogen-bond donors (Lipinski definition) is 2. The van der Waals surface area contributed by atoms with Gasteiger partial charge in [0.2, 0.25) is 0 Å². The number of aromatic nitrogens is 1. The minimum atomic E-state index is -0.707. The fourth-order valence-corrected chi connectivity index (χ4v) is 2.38. The summed E-state index contributed by atoms with van der Waals surface area (Å²) in [7, 11) is 0. The van der Waals surface area contributed by atoms with Gasteiger partial charge in [-0.15, -0.1) is 0 Å². The molecule has 0 aliphatic carbocycles. The quantitative estimate of drug-likeness (QED) is 0.696. The first-order valence-corrected chi connectivity index (χ1v) is 8.00. The van der Waals surface area contributed by atoms with E-state index in [-0.39, 0.29) is 17.3 Å². The van der Waals surface area contributed by atoms with Gasteiger partial charge in [0.15, 0.2) is 0 Å². The zero-order chi connectivity index (χ0) is 18.7. The Morgan fingerprint density at radius 2 is 1.62 bits per heavy atom. The molecule has 0 fully saturated rings. The van der Waals surface area contributed by atoms with Crippen molar-refractivity contribution in [2.24, 2.45) is 0 Å². The summed E-state index contributed by atoms with van der Waals surface area (Å²) in [5.74, 6) is -1.78. The molecule has 132 valence electrons. The normalized spacial score (nSPS) is 10.5. The molecule has 3 aromatic rings. The summed E-state index contributed by atoms with van der Waals surface area (Å²) < 4.78 is 27.3. The van der Waals surface area contributed by atoms with Gasteiger partial charge in [0.05, 0.1) is 11.9 Å². The van der Waals surface area contributed by atoms with E-state index < -0.39 is 11.6 Å². The number of anilines is 3. The lowest BCUT2D eigenvalue weighted by Crippen LogP contribution is -2.13. The molecule has 4 nitrogen and oxygen atoms in total. The lowest BCUT2D eigenvalue weighted by molar-refractivity contribution is 0.102. The van der Waals surface area contributed by atoms with Crippen LogP contribution in [0, 0.1) is 25.5 Å². The Morgan fingerprint density at radius 1 is 0.923 bits per heavy atom. The van der Waals surface area contributed by atoms with E-state index in [1.54, 1.807) is 0 Å². The maximum absolute atomic E-state index is 13.7. The first kappa shape index (κ1) is 17.5. The second-order valence-corrected chi connectivity index (χ2v) is 5.91. The number of amides is 1. The van der Waals surface area contributed by atoms with Crippen LogP contribution in [0.1, 0.15) is 21.6 Å². The van der Waals surface area contributed by atoms with Crippen LogP contribution in [0.4, 0.5) is 25.8 Å². The summed E-state index contributed by atoms with van der Waals surface area (Å²) in [6, 6.07) is 12.2. The van der Waals surface area contributed by atoms with Crippen molar-refractivity contribution < 1.29 is 13.6 Å². The summed E-state index contributed by atoms with van der Waals surface area (Å²) in [5, 5.41) is 5.40. The third-order valence-electron chi connectivity index (χ3n) is 3.99. The molecule has 0 aliphatic rings. The topological polar surface area (TPSA) is 54.0 Å². The molecule has 0 radical (unpaired) electrons. The molecule has 2 aromatic carbocycles. The zero-order valence-corrected chi connectivity index (χ0v) is 14.3. The second-order valence-electron chi connectivity index (χ2n) is 5.91. The van der Waals surface area contributed by atoms with Crippen LogP contribution in [0.15, 0.2) is 54.7 Å². The van der Waals surface area contributed by atoms with Crippen molar-refractivity contribution in [3.63, 3.8) is 0 Å². The lowest BCUT2D eigenvalue weighted by atomic mass is 10.1. The molecule has 0 bridgehead atoms. The number of para-hydroxylation sites is 1. The van der Waals surface area contributed by atoms with E-state index in [1.807, 2.05) is 32.0 Å². The van der Waals surface area contributed by atoms with Crippen molar-refractivity contribution >= 4 is 23.0 Å². The van der Waals surface area contributed by atoms with Gasteiger partial charge < -0.3 is 10.6 Å². The number of halogens is 2. The number of nitrogens with zero attached hydrogens (tertiary/aromatic N) is 1. The van der Waals surface area contributed by atoms with Gasteiger partial charge in [-0.2, -0.15) is 0 Å². The summed E-state index contributed by atoms with van der Waals surface area (Å²) in [6.07, 6.45) is 1.35. The van der Waals surface area contributed by atoms with Crippen LogP contribution in [0.2, 0.25) is 0 Å². The van der Waals surface area contributed by atoms with Gasteiger partial charge in [0, 0.05) is 5.69 Å². The van der Waals surface area contributed by atoms with Gasteiger partial charge in [-0.3, -0.25) is 4.79 Å². The van der Waals surface area contributed by atoms with Gasteiger partial charge in [-0.1, -0.05) is 12.1 Å². The van der Waals surface area contributed by atoms with Crippen LogP contribution < -0.4 is 10.6 Å². The van der Waals surface area contributed by atoms with Crippen molar-refractivity contribution in [2.45, 2.75) is 13.8 Å². The Bertz CT molecular complexity index is 936. The highest BCUT2D eigenvalue weighted by Crippen LogP contribution is 2.23.